The van der Waals surface area contributed by atoms with E-state index in [-0.39, 0.29) is 30.0 Å². The lowest BCUT2D eigenvalue weighted by Gasteiger charge is -2.11. The number of benzene rings is 1. The van der Waals surface area contributed by atoms with Crippen LogP contribution >= 0.6 is 0 Å². The normalized spacial score (nSPS) is 12.9. The van der Waals surface area contributed by atoms with Gasteiger partial charge in [-0.15, -0.1) is 0 Å². The fourth-order valence-electron chi connectivity index (χ4n) is 1.95. The standard InChI is InChI=1S/C17H21FN2O3/c1-11(15-19-16(20-23-15)17(2,3)4)22-14(21)10-9-12-7-5-6-8-13(12)18/h5-8,11H,9-10H2,1-4H3. The smallest absolute Gasteiger partial charge is 0.306 e. The maximum atomic E-state index is 13.5. The molecule has 0 amide bonds. The third-order valence-corrected chi connectivity index (χ3v) is 3.32. The second-order valence-electron chi connectivity index (χ2n) is 6.43. The largest absolute Gasteiger partial charge is 0.453 e. The molecule has 1 aromatic heterocycles. The molecule has 0 aliphatic heterocycles. The fraction of sp³-hybridized carbons (Fsp3) is 0.471. The summed E-state index contributed by atoms with van der Waals surface area (Å²) in [4.78, 5) is 16.1. The molecule has 0 bridgehead atoms. The molecule has 0 aliphatic rings. The van der Waals surface area contributed by atoms with Crippen LogP contribution < -0.4 is 0 Å². The van der Waals surface area contributed by atoms with Crippen LogP contribution in [0.3, 0.4) is 0 Å². The minimum atomic E-state index is -0.633. The molecule has 124 valence electrons. The quantitative estimate of drug-likeness (QED) is 0.785. The Bertz CT molecular complexity index is 676. The van der Waals surface area contributed by atoms with Gasteiger partial charge in [0.05, 0.1) is 0 Å². The van der Waals surface area contributed by atoms with Crippen LogP contribution in [0.5, 0.6) is 0 Å². The summed E-state index contributed by atoms with van der Waals surface area (Å²) in [5, 5.41) is 3.89. The van der Waals surface area contributed by atoms with Gasteiger partial charge in [-0.05, 0) is 25.0 Å². The number of carbonyl (C=O) groups is 1. The SMILES string of the molecule is CC(OC(=O)CCc1ccccc1F)c1nc(C(C)(C)C)no1. The summed E-state index contributed by atoms with van der Waals surface area (Å²) in [5.41, 5.74) is 0.251. The van der Waals surface area contributed by atoms with Gasteiger partial charge in [-0.25, -0.2) is 4.39 Å². The van der Waals surface area contributed by atoms with Crippen LogP contribution in [0, 0.1) is 5.82 Å². The van der Waals surface area contributed by atoms with Crippen LogP contribution in [0.4, 0.5) is 4.39 Å². The van der Waals surface area contributed by atoms with Crippen molar-refractivity contribution in [3.8, 4) is 0 Å². The molecule has 1 heterocycles. The van der Waals surface area contributed by atoms with E-state index < -0.39 is 12.1 Å². The van der Waals surface area contributed by atoms with Crippen LogP contribution in [-0.2, 0) is 21.4 Å². The van der Waals surface area contributed by atoms with E-state index in [2.05, 4.69) is 10.1 Å². The second kappa shape index (κ2) is 6.89. The van der Waals surface area contributed by atoms with E-state index in [1.165, 1.54) is 6.07 Å². The molecule has 1 unspecified atom stereocenters. The van der Waals surface area contributed by atoms with Crippen LogP contribution in [0.2, 0.25) is 0 Å². The Balaban J connectivity index is 1.90. The van der Waals surface area contributed by atoms with E-state index in [9.17, 15) is 9.18 Å². The molecule has 0 spiro atoms. The highest BCUT2D eigenvalue weighted by molar-refractivity contribution is 5.70. The van der Waals surface area contributed by atoms with E-state index in [1.807, 2.05) is 20.8 Å². The molecule has 0 fully saturated rings. The van der Waals surface area contributed by atoms with Crippen molar-refractivity contribution in [2.75, 3.05) is 0 Å². The molecule has 1 aromatic carbocycles. The highest BCUT2D eigenvalue weighted by Crippen LogP contribution is 2.22. The third-order valence-electron chi connectivity index (χ3n) is 3.32. The van der Waals surface area contributed by atoms with E-state index in [0.29, 0.717) is 11.4 Å². The number of aromatic nitrogens is 2. The van der Waals surface area contributed by atoms with Crippen molar-refractivity contribution in [1.29, 1.82) is 0 Å². The number of ether oxygens (including phenoxy) is 1. The highest BCUT2D eigenvalue weighted by atomic mass is 19.1. The molecule has 23 heavy (non-hydrogen) atoms. The third kappa shape index (κ3) is 4.61. The molecular formula is C17H21FN2O3. The highest BCUT2D eigenvalue weighted by Gasteiger charge is 2.24. The average Bonchev–Trinajstić information content (AvgIpc) is 2.96. The van der Waals surface area contributed by atoms with E-state index in [0.717, 1.165) is 0 Å². The minimum absolute atomic E-state index is 0.0888. The molecule has 0 aliphatic carbocycles. The second-order valence-corrected chi connectivity index (χ2v) is 6.43. The first-order chi connectivity index (χ1) is 10.8. The summed E-state index contributed by atoms with van der Waals surface area (Å²) in [6.45, 7) is 7.56. The van der Waals surface area contributed by atoms with Gasteiger partial charge in [-0.3, -0.25) is 4.79 Å². The number of nitrogens with zero attached hydrogens (tertiary/aromatic N) is 2. The van der Waals surface area contributed by atoms with Gasteiger partial charge in [0.25, 0.3) is 5.89 Å². The number of hydrogen-bond donors (Lipinski definition) is 0. The predicted molar refractivity (Wildman–Crippen MR) is 82.2 cm³/mol. The van der Waals surface area contributed by atoms with Gasteiger partial charge >= 0.3 is 5.97 Å². The zero-order valence-corrected chi connectivity index (χ0v) is 13.8. The maximum Gasteiger partial charge on any atom is 0.306 e. The van der Waals surface area contributed by atoms with E-state index in [4.69, 9.17) is 9.26 Å². The average molecular weight is 320 g/mol. The van der Waals surface area contributed by atoms with Gasteiger partial charge in [0, 0.05) is 11.8 Å². The number of rotatable bonds is 5. The molecule has 0 saturated carbocycles. The Hall–Kier alpha value is -2.24. The number of halogens is 1. The van der Waals surface area contributed by atoms with Crippen LogP contribution in [0.1, 0.15) is 57.5 Å². The van der Waals surface area contributed by atoms with Crippen molar-refractivity contribution in [3.63, 3.8) is 0 Å². The van der Waals surface area contributed by atoms with Crippen molar-refractivity contribution in [2.45, 2.75) is 52.1 Å². The van der Waals surface area contributed by atoms with E-state index >= 15 is 0 Å². The Morgan fingerprint density at radius 1 is 1.35 bits per heavy atom. The summed E-state index contributed by atoms with van der Waals surface area (Å²) in [5.74, 6) is 0.0623. The van der Waals surface area contributed by atoms with Gasteiger partial charge < -0.3 is 9.26 Å². The Morgan fingerprint density at radius 2 is 2.04 bits per heavy atom. The number of aryl methyl sites for hydroxylation is 1. The minimum Gasteiger partial charge on any atom is -0.453 e. The van der Waals surface area contributed by atoms with Gasteiger partial charge in [-0.2, -0.15) is 4.98 Å². The molecule has 0 saturated heterocycles. The monoisotopic (exact) mass is 320 g/mol. The van der Waals surface area contributed by atoms with Crippen molar-refractivity contribution in [3.05, 3.63) is 47.4 Å². The molecule has 5 nitrogen and oxygen atoms in total. The number of carbonyl (C=O) groups excluding carboxylic acids is 1. The lowest BCUT2D eigenvalue weighted by atomic mass is 9.96. The van der Waals surface area contributed by atoms with Gasteiger partial charge in [-0.1, -0.05) is 44.1 Å². The summed E-state index contributed by atoms with van der Waals surface area (Å²) < 4.78 is 23.9. The maximum absolute atomic E-state index is 13.5. The number of esters is 1. The van der Waals surface area contributed by atoms with Crippen LogP contribution in [0.25, 0.3) is 0 Å². The van der Waals surface area contributed by atoms with Crippen molar-refractivity contribution in [2.24, 2.45) is 0 Å². The van der Waals surface area contributed by atoms with Gasteiger partial charge in [0.1, 0.15) is 5.82 Å². The summed E-state index contributed by atoms with van der Waals surface area (Å²) in [6, 6.07) is 6.37. The summed E-state index contributed by atoms with van der Waals surface area (Å²) in [6.07, 6.45) is -0.257. The molecule has 0 N–H and O–H groups in total. The molecular weight excluding hydrogens is 299 g/mol. The van der Waals surface area contributed by atoms with Gasteiger partial charge in [0.2, 0.25) is 0 Å². The predicted octanol–water partition coefficient (Wildman–Crippen LogP) is 3.74. The lowest BCUT2D eigenvalue weighted by Crippen LogP contribution is -2.14. The fourth-order valence-corrected chi connectivity index (χ4v) is 1.95. The topological polar surface area (TPSA) is 65.2 Å². The van der Waals surface area contributed by atoms with E-state index in [1.54, 1.807) is 25.1 Å². The Kier molecular flexibility index (Phi) is 5.13. The summed E-state index contributed by atoms with van der Waals surface area (Å²) >= 11 is 0. The number of hydrogen-bond acceptors (Lipinski definition) is 5. The summed E-state index contributed by atoms with van der Waals surface area (Å²) in [7, 11) is 0. The molecule has 2 rings (SSSR count). The molecule has 2 aromatic rings. The first-order valence-corrected chi connectivity index (χ1v) is 7.54. The zero-order valence-electron chi connectivity index (χ0n) is 13.8. The molecule has 1 atom stereocenters. The van der Waals surface area contributed by atoms with Crippen molar-refractivity contribution < 1.29 is 18.4 Å². The first-order valence-electron chi connectivity index (χ1n) is 7.54. The molecule has 0 radical (unpaired) electrons. The van der Waals surface area contributed by atoms with Crippen molar-refractivity contribution >= 4 is 5.97 Å². The Labute approximate surface area is 134 Å². The Morgan fingerprint density at radius 3 is 2.65 bits per heavy atom. The van der Waals surface area contributed by atoms with Crippen molar-refractivity contribution in [1.82, 2.24) is 10.1 Å². The first kappa shape index (κ1) is 17.1. The van der Waals surface area contributed by atoms with Gasteiger partial charge in [0.15, 0.2) is 11.9 Å². The molecule has 6 heteroatoms. The zero-order chi connectivity index (χ0) is 17.0. The van der Waals surface area contributed by atoms with Crippen LogP contribution in [-0.4, -0.2) is 16.1 Å². The van der Waals surface area contributed by atoms with Crippen LogP contribution in [0.15, 0.2) is 28.8 Å². The lowest BCUT2D eigenvalue weighted by molar-refractivity contribution is -0.149.